The average Bonchev–Trinajstić information content (AvgIpc) is 3.04. The summed E-state index contributed by atoms with van der Waals surface area (Å²) >= 11 is 0. The second kappa shape index (κ2) is 6.36. The number of guanidine groups is 1. The van der Waals surface area contributed by atoms with Gasteiger partial charge in [0.15, 0.2) is 5.76 Å². The molecule has 130 valence electrons. The monoisotopic (exact) mass is 363 g/mol. The van der Waals surface area contributed by atoms with E-state index in [1.165, 1.54) is 24.4 Å². The number of furan rings is 1. The van der Waals surface area contributed by atoms with E-state index < -0.39 is 20.8 Å². The van der Waals surface area contributed by atoms with Gasteiger partial charge >= 0.3 is 5.88 Å². The Bertz CT molecular complexity index is 979. The lowest BCUT2D eigenvalue weighted by Crippen LogP contribution is -2.42. The van der Waals surface area contributed by atoms with E-state index in [1.54, 1.807) is 23.1 Å². The van der Waals surface area contributed by atoms with Gasteiger partial charge < -0.3 is 9.32 Å². The zero-order valence-corrected chi connectivity index (χ0v) is 13.8. The fourth-order valence-electron chi connectivity index (χ4n) is 2.29. The summed E-state index contributed by atoms with van der Waals surface area (Å²) < 4.78 is 33.2. The number of para-hydroxylation sites is 1. The molecule has 25 heavy (non-hydrogen) atoms. The summed E-state index contributed by atoms with van der Waals surface area (Å²) in [5.41, 5.74) is 3.03. The van der Waals surface area contributed by atoms with Crippen molar-refractivity contribution in [3.8, 4) is 0 Å². The van der Waals surface area contributed by atoms with Crippen LogP contribution in [0.1, 0.15) is 12.7 Å². The van der Waals surface area contributed by atoms with Crippen LogP contribution in [0.25, 0.3) is 0 Å². The minimum absolute atomic E-state index is 0.0264. The molecule has 0 bridgehead atoms. The molecule has 0 radical (unpaired) electrons. The standard InChI is InChI=1S/C14H13N5O5S/c1-2-18-11-5-3-4-6-12(11)25(22,23)17-14(18)16-15-9-10-7-8-13(24-10)19(20)21/h3-9H,2H2,1H3,(H,16,17)/b15-9-. The lowest BCUT2D eigenvalue weighted by Gasteiger charge is -2.28. The maximum absolute atomic E-state index is 12.3. The number of anilines is 1. The SMILES string of the molecule is CCN1C(N/N=C\c2ccc([N+](=O)[O-])o2)=NS(=O)(=O)c2ccccc21. The van der Waals surface area contributed by atoms with E-state index in [0.717, 1.165) is 0 Å². The number of nitrogens with zero attached hydrogens (tertiary/aromatic N) is 4. The van der Waals surface area contributed by atoms with E-state index in [4.69, 9.17) is 4.42 Å². The summed E-state index contributed by atoms with van der Waals surface area (Å²) in [6, 6.07) is 9.07. The van der Waals surface area contributed by atoms with E-state index in [1.807, 2.05) is 6.92 Å². The van der Waals surface area contributed by atoms with E-state index in [2.05, 4.69) is 14.9 Å². The minimum atomic E-state index is -3.84. The van der Waals surface area contributed by atoms with Crippen molar-refractivity contribution in [3.63, 3.8) is 0 Å². The number of fused-ring (bicyclic) bond motifs is 1. The van der Waals surface area contributed by atoms with Crippen molar-refractivity contribution in [1.82, 2.24) is 5.43 Å². The number of rotatable bonds is 4. The highest BCUT2D eigenvalue weighted by Crippen LogP contribution is 2.30. The topological polar surface area (TPSA) is 130 Å². The molecular formula is C14H13N5O5S. The van der Waals surface area contributed by atoms with Gasteiger partial charge in [-0.1, -0.05) is 12.1 Å². The van der Waals surface area contributed by atoms with Gasteiger partial charge in [-0.25, -0.2) is 5.43 Å². The zero-order valence-electron chi connectivity index (χ0n) is 13.0. The largest absolute Gasteiger partial charge is 0.433 e. The first kappa shape index (κ1) is 16.6. The molecule has 0 aliphatic carbocycles. The van der Waals surface area contributed by atoms with Gasteiger partial charge in [-0.05, 0) is 25.1 Å². The smallest absolute Gasteiger partial charge is 0.400 e. The number of hydrogen-bond acceptors (Lipinski definition) is 8. The quantitative estimate of drug-likeness (QED) is 0.497. The van der Waals surface area contributed by atoms with Gasteiger partial charge in [-0.15, -0.1) is 4.40 Å². The van der Waals surface area contributed by atoms with Crippen LogP contribution in [0.5, 0.6) is 0 Å². The highest BCUT2D eigenvalue weighted by molar-refractivity contribution is 7.90. The Balaban J connectivity index is 1.85. The molecule has 1 aromatic carbocycles. The second-order valence-electron chi connectivity index (χ2n) is 4.91. The number of benzene rings is 1. The first-order valence-electron chi connectivity index (χ1n) is 7.17. The fraction of sp³-hybridized carbons (Fsp3) is 0.143. The second-order valence-corrected chi connectivity index (χ2v) is 6.48. The van der Waals surface area contributed by atoms with Crippen LogP contribution in [-0.4, -0.2) is 32.1 Å². The molecule has 0 amide bonds. The molecule has 3 rings (SSSR count). The van der Waals surface area contributed by atoms with E-state index in [0.29, 0.717) is 12.2 Å². The van der Waals surface area contributed by atoms with Crippen molar-refractivity contribution in [2.45, 2.75) is 11.8 Å². The summed E-state index contributed by atoms with van der Waals surface area (Å²) in [5.74, 6) is -0.247. The first-order chi connectivity index (χ1) is 11.9. The Morgan fingerprint density at radius 1 is 1.36 bits per heavy atom. The summed E-state index contributed by atoms with van der Waals surface area (Å²) in [6.07, 6.45) is 1.19. The van der Waals surface area contributed by atoms with Crippen LogP contribution < -0.4 is 10.3 Å². The third-order valence-corrected chi connectivity index (χ3v) is 4.68. The molecule has 0 fully saturated rings. The number of hydrazone groups is 1. The van der Waals surface area contributed by atoms with Crippen LogP contribution in [0.3, 0.4) is 0 Å². The highest BCUT2D eigenvalue weighted by Gasteiger charge is 2.29. The lowest BCUT2D eigenvalue weighted by molar-refractivity contribution is -0.402. The van der Waals surface area contributed by atoms with Gasteiger partial charge in [0.05, 0.1) is 18.0 Å². The number of nitro groups is 1. The number of nitrogens with one attached hydrogen (secondary N) is 1. The van der Waals surface area contributed by atoms with Gasteiger partial charge in [-0.3, -0.25) is 10.1 Å². The Kier molecular flexibility index (Phi) is 4.23. The van der Waals surface area contributed by atoms with E-state index >= 15 is 0 Å². The normalized spacial score (nSPS) is 15.7. The number of hydrogen-bond donors (Lipinski definition) is 1. The molecule has 11 heteroatoms. The fourth-order valence-corrected chi connectivity index (χ4v) is 3.45. The van der Waals surface area contributed by atoms with Crippen LogP contribution >= 0.6 is 0 Å². The van der Waals surface area contributed by atoms with Crippen LogP contribution in [0.2, 0.25) is 0 Å². The molecule has 2 aromatic rings. The third-order valence-electron chi connectivity index (χ3n) is 3.36. The van der Waals surface area contributed by atoms with Gasteiger partial charge in [0.25, 0.3) is 10.0 Å². The Morgan fingerprint density at radius 3 is 2.80 bits per heavy atom. The minimum Gasteiger partial charge on any atom is -0.400 e. The molecule has 0 unspecified atom stereocenters. The molecule has 1 aliphatic heterocycles. The molecule has 0 saturated heterocycles. The van der Waals surface area contributed by atoms with Crippen LogP contribution in [0.4, 0.5) is 11.6 Å². The van der Waals surface area contributed by atoms with Crippen LogP contribution in [-0.2, 0) is 10.0 Å². The molecule has 1 aliphatic rings. The molecular weight excluding hydrogens is 350 g/mol. The zero-order chi connectivity index (χ0) is 18.0. The lowest BCUT2D eigenvalue weighted by atomic mass is 10.3. The van der Waals surface area contributed by atoms with E-state index in [-0.39, 0.29) is 16.6 Å². The summed E-state index contributed by atoms with van der Waals surface area (Å²) in [4.78, 5) is 11.7. The Hall–Kier alpha value is -3.21. The molecule has 10 nitrogen and oxygen atoms in total. The maximum Gasteiger partial charge on any atom is 0.433 e. The summed E-state index contributed by atoms with van der Waals surface area (Å²) in [6.45, 7) is 2.30. The molecule has 2 heterocycles. The van der Waals surface area contributed by atoms with E-state index in [9.17, 15) is 18.5 Å². The van der Waals surface area contributed by atoms with Crippen molar-refractivity contribution in [3.05, 3.63) is 52.3 Å². The van der Waals surface area contributed by atoms with Crippen molar-refractivity contribution in [2.75, 3.05) is 11.4 Å². The third kappa shape index (κ3) is 3.21. The molecule has 1 N–H and O–H groups in total. The van der Waals surface area contributed by atoms with Crippen molar-refractivity contribution >= 4 is 33.8 Å². The highest BCUT2D eigenvalue weighted by atomic mass is 32.2. The van der Waals surface area contributed by atoms with Crippen molar-refractivity contribution in [2.24, 2.45) is 9.50 Å². The first-order valence-corrected chi connectivity index (χ1v) is 8.61. The Labute approximate surface area is 142 Å². The molecule has 0 spiro atoms. The molecule has 0 saturated carbocycles. The van der Waals surface area contributed by atoms with Gasteiger partial charge in [-0.2, -0.15) is 13.5 Å². The van der Waals surface area contributed by atoms with Crippen molar-refractivity contribution in [1.29, 1.82) is 0 Å². The Morgan fingerprint density at radius 2 is 2.12 bits per heavy atom. The number of sulfonamides is 1. The van der Waals surface area contributed by atoms with Crippen LogP contribution in [0.15, 0.2) is 55.2 Å². The summed E-state index contributed by atoms with van der Waals surface area (Å²) in [5, 5.41) is 14.4. The van der Waals surface area contributed by atoms with Crippen LogP contribution in [0, 0.1) is 10.1 Å². The average molecular weight is 363 g/mol. The predicted octanol–water partition coefficient (Wildman–Crippen LogP) is 1.70. The predicted molar refractivity (Wildman–Crippen MR) is 90.2 cm³/mol. The van der Waals surface area contributed by atoms with Gasteiger partial charge in [0, 0.05) is 6.54 Å². The van der Waals surface area contributed by atoms with Gasteiger partial charge in [0.2, 0.25) is 5.96 Å². The molecule has 0 atom stereocenters. The maximum atomic E-state index is 12.3. The summed E-state index contributed by atoms with van der Waals surface area (Å²) in [7, 11) is -3.84. The molecule has 1 aromatic heterocycles. The van der Waals surface area contributed by atoms with Gasteiger partial charge in [0.1, 0.15) is 9.82 Å². The van der Waals surface area contributed by atoms with Crippen molar-refractivity contribution < 1.29 is 17.8 Å².